The van der Waals surface area contributed by atoms with Crippen LogP contribution in [0.15, 0.2) is 266 Å². The molecular formula is C70H42F2N4. The second-order valence-electron chi connectivity index (χ2n) is 20.0. The van der Waals surface area contributed by atoms with E-state index >= 15 is 8.78 Å². The fourth-order valence-electron chi connectivity index (χ4n) is 12.3. The largest absolute Gasteiger partial charge is 0.291 e. The Kier molecular flexibility index (Phi) is 9.07. The average molecular weight is 977 g/mol. The summed E-state index contributed by atoms with van der Waals surface area (Å²) in [5.41, 5.74) is 6.33. The molecule has 356 valence electrons. The van der Waals surface area contributed by atoms with Crippen molar-refractivity contribution in [2.45, 2.75) is 0 Å². The number of nitrogens with zero attached hydrogens (tertiary/aromatic N) is 4. The van der Waals surface area contributed by atoms with Gasteiger partial charge in [-0.1, -0.05) is 170 Å². The van der Waals surface area contributed by atoms with Gasteiger partial charge in [0.05, 0.1) is 22.7 Å². The minimum Gasteiger partial charge on any atom is -0.291 e. The van der Waals surface area contributed by atoms with Crippen LogP contribution in [0.25, 0.3) is 86.2 Å². The Morgan fingerprint density at radius 2 is 0.434 bits per heavy atom. The molecular weight excluding hydrogens is 935 g/mol. The van der Waals surface area contributed by atoms with E-state index in [1.54, 1.807) is 24.3 Å². The van der Waals surface area contributed by atoms with Gasteiger partial charge in [-0.25, -0.2) is 8.78 Å². The molecule has 14 aromatic carbocycles. The molecule has 16 rings (SSSR count). The lowest BCUT2D eigenvalue weighted by molar-refractivity contribution is 0.628. The SMILES string of the molecule is Fc1ccc2c(c1)N(c1ccc3ccc4ccccc4c3c1)/C(=C1\N(c3ccc4ccc5ccccc5c4c3)c3ccc(F)cc3N1c1ccc3ccc4ccccc4c3c1)N2c1ccc2ccc3ccccc3c2c1. The third-order valence-electron chi connectivity index (χ3n) is 15.8. The summed E-state index contributed by atoms with van der Waals surface area (Å²) < 4.78 is 33.0. The van der Waals surface area contributed by atoms with Crippen LogP contribution in [-0.4, -0.2) is 0 Å². The van der Waals surface area contributed by atoms with Gasteiger partial charge in [0, 0.05) is 34.9 Å². The van der Waals surface area contributed by atoms with Crippen LogP contribution >= 0.6 is 0 Å². The Morgan fingerprint density at radius 3 is 0.724 bits per heavy atom. The van der Waals surface area contributed by atoms with Crippen molar-refractivity contribution < 1.29 is 8.78 Å². The molecule has 6 heteroatoms. The van der Waals surface area contributed by atoms with Crippen LogP contribution < -0.4 is 19.6 Å². The molecule has 4 nitrogen and oxygen atoms in total. The first-order valence-corrected chi connectivity index (χ1v) is 25.7. The van der Waals surface area contributed by atoms with Crippen molar-refractivity contribution in [3.8, 4) is 0 Å². The molecule has 0 saturated carbocycles. The van der Waals surface area contributed by atoms with E-state index in [9.17, 15) is 0 Å². The van der Waals surface area contributed by atoms with Crippen LogP contribution in [-0.2, 0) is 0 Å². The average Bonchev–Trinajstić information content (AvgIpc) is 4.16. The molecule has 0 aliphatic carbocycles. The topological polar surface area (TPSA) is 13.0 Å². The van der Waals surface area contributed by atoms with Crippen LogP contribution in [0.2, 0.25) is 0 Å². The van der Waals surface area contributed by atoms with Gasteiger partial charge in [-0.05, 0) is 159 Å². The highest BCUT2D eigenvalue weighted by atomic mass is 19.1. The predicted molar refractivity (Wildman–Crippen MR) is 314 cm³/mol. The van der Waals surface area contributed by atoms with Gasteiger partial charge < -0.3 is 0 Å². The van der Waals surface area contributed by atoms with Crippen molar-refractivity contribution in [3.63, 3.8) is 0 Å². The van der Waals surface area contributed by atoms with Gasteiger partial charge in [-0.3, -0.25) is 19.6 Å². The molecule has 0 aromatic heterocycles. The van der Waals surface area contributed by atoms with Crippen LogP contribution in [0.3, 0.4) is 0 Å². The number of fused-ring (bicyclic) bond motifs is 14. The van der Waals surface area contributed by atoms with Crippen molar-refractivity contribution in [1.29, 1.82) is 0 Å². The fraction of sp³-hybridized carbons (Fsp3) is 0. The van der Waals surface area contributed by atoms with Gasteiger partial charge in [0.2, 0.25) is 0 Å². The van der Waals surface area contributed by atoms with E-state index < -0.39 is 0 Å². The molecule has 0 radical (unpaired) electrons. The maximum Gasteiger partial charge on any atom is 0.166 e. The lowest BCUT2D eigenvalue weighted by Gasteiger charge is -2.34. The molecule has 0 N–H and O–H groups in total. The summed E-state index contributed by atoms with van der Waals surface area (Å²) in [5, 5.41) is 17.7. The first kappa shape index (κ1) is 42.5. The predicted octanol–water partition coefficient (Wildman–Crippen LogP) is 19.6. The van der Waals surface area contributed by atoms with Crippen molar-refractivity contribution in [2.24, 2.45) is 0 Å². The molecule has 0 amide bonds. The molecule has 0 atom stereocenters. The summed E-state index contributed by atoms with van der Waals surface area (Å²) in [7, 11) is 0. The molecule has 2 aliphatic rings. The Bertz CT molecular complexity index is 4550. The second kappa shape index (κ2) is 16.2. The summed E-state index contributed by atoms with van der Waals surface area (Å²) in [6.07, 6.45) is 0. The molecule has 14 aromatic rings. The first-order chi connectivity index (χ1) is 37.5. The number of hydrogen-bond acceptors (Lipinski definition) is 4. The monoisotopic (exact) mass is 976 g/mol. The van der Waals surface area contributed by atoms with E-state index in [0.29, 0.717) is 11.4 Å². The summed E-state index contributed by atoms with van der Waals surface area (Å²) >= 11 is 0. The zero-order valence-corrected chi connectivity index (χ0v) is 40.8. The lowest BCUT2D eigenvalue weighted by atomic mass is 10.0. The summed E-state index contributed by atoms with van der Waals surface area (Å²) in [5.74, 6) is 0.734. The van der Waals surface area contributed by atoms with E-state index in [1.807, 2.05) is 12.1 Å². The molecule has 0 fully saturated rings. The molecule has 0 saturated heterocycles. The number of halogens is 2. The van der Waals surface area contributed by atoms with Gasteiger partial charge in [-0.2, -0.15) is 0 Å². The molecule has 2 aliphatic heterocycles. The zero-order chi connectivity index (χ0) is 50.2. The number of anilines is 8. The maximum absolute atomic E-state index is 16.5. The highest BCUT2D eigenvalue weighted by Crippen LogP contribution is 2.58. The van der Waals surface area contributed by atoms with E-state index in [2.05, 4.69) is 238 Å². The number of hydrogen-bond donors (Lipinski definition) is 0. The van der Waals surface area contributed by atoms with Crippen LogP contribution in [0.1, 0.15) is 0 Å². The minimum absolute atomic E-state index is 0.362. The second-order valence-corrected chi connectivity index (χ2v) is 20.0. The zero-order valence-electron chi connectivity index (χ0n) is 40.8. The van der Waals surface area contributed by atoms with Crippen molar-refractivity contribution >= 4 is 132 Å². The van der Waals surface area contributed by atoms with Gasteiger partial charge >= 0.3 is 0 Å². The number of benzene rings is 14. The van der Waals surface area contributed by atoms with Gasteiger partial charge in [0.25, 0.3) is 0 Å². The maximum atomic E-state index is 16.5. The third-order valence-corrected chi connectivity index (χ3v) is 15.8. The Labute approximate surface area is 436 Å². The van der Waals surface area contributed by atoms with Crippen LogP contribution in [0.5, 0.6) is 0 Å². The van der Waals surface area contributed by atoms with Crippen LogP contribution in [0.4, 0.5) is 54.3 Å². The highest BCUT2D eigenvalue weighted by Gasteiger charge is 2.45. The van der Waals surface area contributed by atoms with Crippen molar-refractivity contribution in [1.82, 2.24) is 0 Å². The molecule has 76 heavy (non-hydrogen) atoms. The Hall–Kier alpha value is -10.0. The lowest BCUT2D eigenvalue weighted by Crippen LogP contribution is -2.33. The van der Waals surface area contributed by atoms with Crippen LogP contribution in [0, 0.1) is 11.6 Å². The normalized spacial score (nSPS) is 14.4. The van der Waals surface area contributed by atoms with E-state index in [1.165, 1.54) is 0 Å². The fourth-order valence-corrected chi connectivity index (χ4v) is 12.3. The smallest absolute Gasteiger partial charge is 0.166 e. The summed E-state index contributed by atoms with van der Waals surface area (Å²) in [6, 6.07) is 87.9. The summed E-state index contributed by atoms with van der Waals surface area (Å²) in [6.45, 7) is 0. The first-order valence-electron chi connectivity index (χ1n) is 25.7. The molecule has 2 heterocycles. The highest BCUT2D eigenvalue weighted by molar-refractivity contribution is 6.14. The van der Waals surface area contributed by atoms with E-state index in [-0.39, 0.29) is 11.6 Å². The summed E-state index contributed by atoms with van der Waals surface area (Å²) in [4.78, 5) is 9.01. The van der Waals surface area contributed by atoms with Gasteiger partial charge in [0.15, 0.2) is 11.6 Å². The van der Waals surface area contributed by atoms with Gasteiger partial charge in [0.1, 0.15) is 11.6 Å². The number of rotatable bonds is 4. The Morgan fingerprint density at radius 1 is 0.197 bits per heavy atom. The van der Waals surface area contributed by atoms with Gasteiger partial charge in [-0.15, -0.1) is 0 Å². The molecule has 0 bridgehead atoms. The quantitative estimate of drug-likeness (QED) is 0.163. The van der Waals surface area contributed by atoms with E-state index in [4.69, 9.17) is 0 Å². The Balaban J connectivity index is 1.08. The minimum atomic E-state index is -0.362. The molecule has 0 spiro atoms. The van der Waals surface area contributed by atoms with Crippen molar-refractivity contribution in [3.05, 3.63) is 278 Å². The van der Waals surface area contributed by atoms with E-state index in [0.717, 1.165) is 132 Å². The third kappa shape index (κ3) is 6.34. The van der Waals surface area contributed by atoms with Crippen molar-refractivity contribution in [2.75, 3.05) is 19.6 Å². The standard InChI is InChI=1S/C70H42F2N4/c71-51-29-35-65-67(37-51)75(55-33-27-49-23-19-45-11-3-7-15-59(45)63(49)41-55)69(73(65)53-31-25-47-21-17-43-9-1-5-13-57(43)61(47)39-53)70-74(54-32-26-48-22-18-44-10-2-6-14-58(44)62(48)40-54)66-36-30-52(72)38-68(66)76(70)56-34-28-50-24-20-46-12-4-8-16-60(46)64(50)42-56/h1-42H/b70-69+. The molecule has 0 unspecified atom stereocenters.